The molecule has 1 heterocycles. The van der Waals surface area contributed by atoms with Crippen LogP contribution in [0.3, 0.4) is 0 Å². The number of nitrogens with one attached hydrogen (secondary N) is 2. The second-order valence-corrected chi connectivity index (χ2v) is 8.29. The normalized spacial score (nSPS) is 23.0. The lowest BCUT2D eigenvalue weighted by molar-refractivity contribution is 0.00700. The number of hydrogen-bond donors (Lipinski definition) is 2. The van der Waals surface area contributed by atoms with Crippen molar-refractivity contribution in [2.45, 2.75) is 58.1 Å². The molecule has 2 N–H and O–H groups in total. The molecule has 1 aliphatic heterocycles. The zero-order chi connectivity index (χ0) is 16.7. The number of halogens is 1. The Hall–Kier alpha value is -0.730. The van der Waals surface area contributed by atoms with Gasteiger partial charge in [0.05, 0.1) is 6.04 Å². The number of amides is 1. The Morgan fingerprint density at radius 2 is 1.92 bits per heavy atom. The number of carbonyl (C=O) groups excluding carboxylic acids is 1. The van der Waals surface area contributed by atoms with Gasteiger partial charge in [0.2, 0.25) is 0 Å². The van der Waals surface area contributed by atoms with Crippen LogP contribution < -0.4 is 10.6 Å². The standard InChI is InChI=1S/C17H30N4O2.HI/c1-16(2,3)23-15(22)21-9-13(10-21)20-14(18-4)19-11-17(7-8-17)12-5-6-12;/h12-13H,5-11H2,1-4H3,(H2,18,19,20);1H. The van der Waals surface area contributed by atoms with Gasteiger partial charge in [-0.05, 0) is 57.8 Å². The molecule has 0 spiro atoms. The van der Waals surface area contributed by atoms with Gasteiger partial charge in [0.25, 0.3) is 0 Å². The zero-order valence-electron chi connectivity index (χ0n) is 15.2. The summed E-state index contributed by atoms with van der Waals surface area (Å²) in [6.45, 7) is 8.03. The van der Waals surface area contributed by atoms with E-state index in [4.69, 9.17) is 4.74 Å². The average Bonchev–Trinajstić information content (AvgIpc) is 3.26. The van der Waals surface area contributed by atoms with E-state index in [9.17, 15) is 4.79 Å². The predicted octanol–water partition coefficient (Wildman–Crippen LogP) is 2.58. The molecule has 24 heavy (non-hydrogen) atoms. The van der Waals surface area contributed by atoms with Crippen LogP contribution in [0.5, 0.6) is 0 Å². The van der Waals surface area contributed by atoms with E-state index >= 15 is 0 Å². The molecular formula is C17H31IN4O2. The minimum atomic E-state index is -0.436. The van der Waals surface area contributed by atoms with E-state index in [1.807, 2.05) is 20.8 Å². The summed E-state index contributed by atoms with van der Waals surface area (Å²) in [6.07, 6.45) is 5.29. The first-order valence-electron chi connectivity index (χ1n) is 8.76. The van der Waals surface area contributed by atoms with Gasteiger partial charge in [-0.2, -0.15) is 0 Å². The zero-order valence-corrected chi connectivity index (χ0v) is 17.6. The number of rotatable bonds is 4. The Bertz CT molecular complexity index is 489. The lowest BCUT2D eigenvalue weighted by Gasteiger charge is -2.40. The third-order valence-corrected chi connectivity index (χ3v) is 5.04. The molecule has 0 unspecified atom stereocenters. The fraction of sp³-hybridized carbons (Fsp3) is 0.882. The lowest BCUT2D eigenvalue weighted by atomic mass is 10.0. The molecule has 7 heteroatoms. The average molecular weight is 450 g/mol. The molecule has 0 radical (unpaired) electrons. The number of guanidine groups is 1. The monoisotopic (exact) mass is 450 g/mol. The molecule has 138 valence electrons. The molecule has 0 aromatic heterocycles. The van der Waals surface area contributed by atoms with Crippen LogP contribution in [0.15, 0.2) is 4.99 Å². The van der Waals surface area contributed by atoms with Crippen molar-refractivity contribution in [3.8, 4) is 0 Å². The Morgan fingerprint density at radius 3 is 2.38 bits per heavy atom. The summed E-state index contributed by atoms with van der Waals surface area (Å²) >= 11 is 0. The SMILES string of the molecule is CN=C(NCC1(C2CC2)CC1)NC1CN(C(=O)OC(C)(C)C)C1.I. The maximum Gasteiger partial charge on any atom is 0.410 e. The Balaban J connectivity index is 0.00000208. The molecular weight excluding hydrogens is 419 g/mol. The maximum absolute atomic E-state index is 11.9. The molecule has 2 saturated carbocycles. The summed E-state index contributed by atoms with van der Waals surface area (Å²) in [5.41, 5.74) is 0.119. The van der Waals surface area contributed by atoms with E-state index in [1.54, 1.807) is 11.9 Å². The van der Waals surface area contributed by atoms with E-state index in [2.05, 4.69) is 15.6 Å². The summed E-state index contributed by atoms with van der Waals surface area (Å²) in [5.74, 6) is 1.80. The first-order valence-corrected chi connectivity index (χ1v) is 8.76. The van der Waals surface area contributed by atoms with Crippen molar-refractivity contribution in [3.63, 3.8) is 0 Å². The minimum Gasteiger partial charge on any atom is -0.444 e. The predicted molar refractivity (Wildman–Crippen MR) is 106 cm³/mol. The molecule has 1 amide bonds. The number of aliphatic imine (C=N–C) groups is 1. The summed E-state index contributed by atoms with van der Waals surface area (Å²) < 4.78 is 5.37. The fourth-order valence-electron chi connectivity index (χ4n) is 3.28. The van der Waals surface area contributed by atoms with Crippen LogP contribution in [0.1, 0.15) is 46.5 Å². The molecule has 3 fully saturated rings. The van der Waals surface area contributed by atoms with E-state index in [0.29, 0.717) is 18.5 Å². The molecule has 6 nitrogen and oxygen atoms in total. The van der Waals surface area contributed by atoms with Gasteiger partial charge in [0.1, 0.15) is 5.60 Å². The van der Waals surface area contributed by atoms with Gasteiger partial charge in [-0.25, -0.2) is 4.79 Å². The van der Waals surface area contributed by atoms with Gasteiger partial charge >= 0.3 is 6.09 Å². The van der Waals surface area contributed by atoms with Gasteiger partial charge < -0.3 is 20.3 Å². The van der Waals surface area contributed by atoms with Crippen molar-refractivity contribution in [2.75, 3.05) is 26.7 Å². The van der Waals surface area contributed by atoms with Gasteiger partial charge in [0, 0.05) is 26.7 Å². The number of carbonyl (C=O) groups is 1. The van der Waals surface area contributed by atoms with Crippen LogP contribution in [0.2, 0.25) is 0 Å². The molecule has 3 rings (SSSR count). The van der Waals surface area contributed by atoms with Crippen molar-refractivity contribution < 1.29 is 9.53 Å². The Kier molecular flexibility index (Phi) is 5.92. The summed E-state index contributed by atoms with van der Waals surface area (Å²) in [4.78, 5) is 18.0. The van der Waals surface area contributed by atoms with Crippen molar-refractivity contribution in [1.82, 2.24) is 15.5 Å². The molecule has 0 bridgehead atoms. The fourth-order valence-corrected chi connectivity index (χ4v) is 3.28. The number of hydrogen-bond acceptors (Lipinski definition) is 3. The molecule has 3 aliphatic rings. The first kappa shape index (κ1) is 19.6. The summed E-state index contributed by atoms with van der Waals surface area (Å²) in [5, 5.41) is 6.88. The van der Waals surface area contributed by atoms with E-state index < -0.39 is 5.60 Å². The molecule has 2 aliphatic carbocycles. The van der Waals surface area contributed by atoms with Crippen LogP contribution in [0.4, 0.5) is 4.79 Å². The Morgan fingerprint density at radius 1 is 1.29 bits per heavy atom. The maximum atomic E-state index is 11.9. The van der Waals surface area contributed by atoms with Gasteiger partial charge in [-0.1, -0.05) is 0 Å². The van der Waals surface area contributed by atoms with Crippen molar-refractivity contribution >= 4 is 36.0 Å². The topological polar surface area (TPSA) is 66.0 Å². The highest BCUT2D eigenvalue weighted by atomic mass is 127. The summed E-state index contributed by atoms with van der Waals surface area (Å²) in [7, 11) is 1.80. The highest BCUT2D eigenvalue weighted by Crippen LogP contribution is 2.60. The lowest BCUT2D eigenvalue weighted by Crippen LogP contribution is -2.63. The molecule has 1 saturated heterocycles. The molecule has 0 aromatic rings. The van der Waals surface area contributed by atoms with Crippen molar-refractivity contribution in [2.24, 2.45) is 16.3 Å². The van der Waals surface area contributed by atoms with Crippen LogP contribution >= 0.6 is 24.0 Å². The van der Waals surface area contributed by atoms with E-state index in [-0.39, 0.29) is 36.1 Å². The number of nitrogens with zero attached hydrogens (tertiary/aromatic N) is 2. The van der Waals surface area contributed by atoms with Gasteiger partial charge in [-0.15, -0.1) is 24.0 Å². The highest BCUT2D eigenvalue weighted by molar-refractivity contribution is 14.0. The third kappa shape index (κ3) is 4.89. The van der Waals surface area contributed by atoms with Gasteiger partial charge in [0.15, 0.2) is 5.96 Å². The molecule has 0 aromatic carbocycles. The highest BCUT2D eigenvalue weighted by Gasteiger charge is 2.53. The smallest absolute Gasteiger partial charge is 0.410 e. The van der Waals surface area contributed by atoms with Crippen LogP contribution in [0.25, 0.3) is 0 Å². The van der Waals surface area contributed by atoms with Crippen molar-refractivity contribution in [1.29, 1.82) is 0 Å². The molecule has 0 atom stereocenters. The van der Waals surface area contributed by atoms with Gasteiger partial charge in [-0.3, -0.25) is 4.99 Å². The van der Waals surface area contributed by atoms with Crippen LogP contribution in [-0.2, 0) is 4.74 Å². The third-order valence-electron chi connectivity index (χ3n) is 5.04. The second-order valence-electron chi connectivity index (χ2n) is 8.29. The van der Waals surface area contributed by atoms with E-state index in [0.717, 1.165) is 18.4 Å². The number of ether oxygens (including phenoxy) is 1. The second kappa shape index (κ2) is 7.25. The van der Waals surface area contributed by atoms with Crippen LogP contribution in [-0.4, -0.2) is 55.3 Å². The number of likely N-dealkylation sites (tertiary alicyclic amines) is 1. The quantitative estimate of drug-likeness (QED) is 0.393. The summed E-state index contributed by atoms with van der Waals surface area (Å²) in [6, 6.07) is 0.254. The minimum absolute atomic E-state index is 0. The van der Waals surface area contributed by atoms with Crippen LogP contribution in [0, 0.1) is 11.3 Å². The van der Waals surface area contributed by atoms with E-state index in [1.165, 1.54) is 25.7 Å². The Labute approximate surface area is 162 Å². The first-order chi connectivity index (χ1) is 10.8. The largest absolute Gasteiger partial charge is 0.444 e. The van der Waals surface area contributed by atoms with Crippen molar-refractivity contribution in [3.05, 3.63) is 0 Å².